The second-order valence-electron chi connectivity index (χ2n) is 9.33. The summed E-state index contributed by atoms with van der Waals surface area (Å²) in [5.41, 5.74) is 2.40. The standard InChI is InChI=1S/C22H30O3/c1-13-11-19-17-6-5-15-12-16(25-14(2)23)7-9-21(15,3)18(17)8-10-22(19,4)20(13)24/h5,16-19H,1,6-12H2,2-4H3/t16-,17-,18+,19+,21-,22-/m0/s1. The smallest absolute Gasteiger partial charge is 0.302 e. The SMILES string of the molecule is C=C1C[C@@H]2[C@H]3CC=C4C[C@@H](OC(C)=O)CC[C@]4(C)[C@@H]3CC[C@]2(C)C1=O. The third-order valence-electron chi connectivity index (χ3n) is 8.09. The second kappa shape index (κ2) is 5.56. The van der Waals surface area contributed by atoms with Gasteiger partial charge in [-0.25, -0.2) is 0 Å². The van der Waals surface area contributed by atoms with Gasteiger partial charge in [-0.1, -0.05) is 32.1 Å². The van der Waals surface area contributed by atoms with Crippen molar-refractivity contribution >= 4 is 11.8 Å². The maximum atomic E-state index is 12.7. The van der Waals surface area contributed by atoms with E-state index < -0.39 is 0 Å². The number of allylic oxidation sites excluding steroid dienone is 2. The first-order valence-electron chi connectivity index (χ1n) is 9.85. The monoisotopic (exact) mass is 342 g/mol. The number of hydrogen-bond acceptors (Lipinski definition) is 3. The average molecular weight is 342 g/mol. The molecule has 3 heteroatoms. The zero-order chi connectivity index (χ0) is 18.0. The number of hydrogen-bond donors (Lipinski definition) is 0. The van der Waals surface area contributed by atoms with E-state index in [0.717, 1.165) is 50.5 Å². The maximum Gasteiger partial charge on any atom is 0.302 e. The number of Topliss-reactive ketones (excluding diaryl/α,β-unsaturated/α-hetero) is 1. The summed E-state index contributed by atoms with van der Waals surface area (Å²) in [6.45, 7) is 10.2. The van der Waals surface area contributed by atoms with Crippen molar-refractivity contribution in [2.75, 3.05) is 0 Å². The highest BCUT2D eigenvalue weighted by molar-refractivity contribution is 6.02. The molecule has 4 aliphatic carbocycles. The van der Waals surface area contributed by atoms with Gasteiger partial charge in [0.05, 0.1) is 0 Å². The molecule has 0 aliphatic heterocycles. The Balaban J connectivity index is 1.62. The van der Waals surface area contributed by atoms with Gasteiger partial charge >= 0.3 is 5.97 Å². The molecule has 3 saturated carbocycles. The molecule has 0 aromatic rings. The highest BCUT2D eigenvalue weighted by Gasteiger charge is 2.59. The number of ketones is 1. The Morgan fingerprint density at radius 1 is 1.16 bits per heavy atom. The molecule has 0 radical (unpaired) electrons. The Bertz CT molecular complexity index is 675. The van der Waals surface area contributed by atoms with E-state index in [1.807, 2.05) is 0 Å². The van der Waals surface area contributed by atoms with Crippen LogP contribution in [0.25, 0.3) is 0 Å². The minimum atomic E-state index is -0.172. The van der Waals surface area contributed by atoms with Crippen LogP contribution in [0.15, 0.2) is 23.8 Å². The number of carbonyl (C=O) groups is 2. The summed E-state index contributed by atoms with van der Waals surface area (Å²) >= 11 is 0. The van der Waals surface area contributed by atoms with Crippen LogP contribution in [0.2, 0.25) is 0 Å². The lowest BCUT2D eigenvalue weighted by Crippen LogP contribution is -2.50. The Labute approximate surface area is 150 Å². The minimum Gasteiger partial charge on any atom is -0.462 e. The van der Waals surface area contributed by atoms with Crippen molar-refractivity contribution in [1.82, 2.24) is 0 Å². The van der Waals surface area contributed by atoms with Crippen LogP contribution in [0.5, 0.6) is 0 Å². The fourth-order valence-electron chi connectivity index (χ4n) is 6.70. The molecule has 0 aromatic carbocycles. The van der Waals surface area contributed by atoms with Gasteiger partial charge in [0.1, 0.15) is 6.10 Å². The summed E-state index contributed by atoms with van der Waals surface area (Å²) in [5, 5.41) is 0. The van der Waals surface area contributed by atoms with Gasteiger partial charge in [-0.15, -0.1) is 0 Å². The third kappa shape index (κ3) is 2.38. The van der Waals surface area contributed by atoms with Crippen molar-refractivity contribution in [3.05, 3.63) is 23.8 Å². The molecular weight excluding hydrogens is 312 g/mol. The summed E-state index contributed by atoms with van der Waals surface area (Å²) in [6, 6.07) is 0. The topological polar surface area (TPSA) is 43.4 Å². The third-order valence-corrected chi connectivity index (χ3v) is 8.09. The largest absolute Gasteiger partial charge is 0.462 e. The second-order valence-corrected chi connectivity index (χ2v) is 9.33. The zero-order valence-electron chi connectivity index (χ0n) is 15.8. The first-order valence-corrected chi connectivity index (χ1v) is 9.85. The van der Waals surface area contributed by atoms with Crippen LogP contribution in [-0.2, 0) is 14.3 Å². The average Bonchev–Trinajstić information content (AvgIpc) is 2.78. The number of carbonyl (C=O) groups excluding carboxylic acids is 2. The Morgan fingerprint density at radius 3 is 2.60 bits per heavy atom. The van der Waals surface area contributed by atoms with Gasteiger partial charge in [0.25, 0.3) is 0 Å². The van der Waals surface area contributed by atoms with Crippen molar-refractivity contribution in [3.8, 4) is 0 Å². The van der Waals surface area contributed by atoms with Crippen LogP contribution in [0.3, 0.4) is 0 Å². The summed E-state index contributed by atoms with van der Waals surface area (Å²) in [4.78, 5) is 24.0. The molecule has 3 nitrogen and oxygen atoms in total. The molecule has 0 saturated heterocycles. The summed E-state index contributed by atoms with van der Waals surface area (Å²) in [5.74, 6) is 1.88. The van der Waals surface area contributed by atoms with E-state index in [9.17, 15) is 9.59 Å². The van der Waals surface area contributed by atoms with E-state index in [4.69, 9.17) is 4.74 Å². The molecule has 0 N–H and O–H groups in total. The molecular formula is C22H30O3. The first-order chi connectivity index (χ1) is 11.8. The van der Waals surface area contributed by atoms with E-state index in [0.29, 0.717) is 23.5 Å². The quantitative estimate of drug-likeness (QED) is 0.397. The number of fused-ring (bicyclic) bond motifs is 5. The van der Waals surface area contributed by atoms with Gasteiger partial charge in [0.15, 0.2) is 5.78 Å². The molecule has 0 spiro atoms. The molecule has 136 valence electrons. The Morgan fingerprint density at radius 2 is 1.88 bits per heavy atom. The van der Waals surface area contributed by atoms with Crippen LogP contribution in [0.4, 0.5) is 0 Å². The van der Waals surface area contributed by atoms with E-state index in [-0.39, 0.29) is 22.9 Å². The summed E-state index contributed by atoms with van der Waals surface area (Å²) < 4.78 is 5.50. The highest BCUT2D eigenvalue weighted by atomic mass is 16.5. The highest BCUT2D eigenvalue weighted by Crippen LogP contribution is 2.64. The molecule has 4 aliphatic rings. The van der Waals surface area contributed by atoms with Crippen LogP contribution < -0.4 is 0 Å². The summed E-state index contributed by atoms with van der Waals surface area (Å²) in [7, 11) is 0. The van der Waals surface area contributed by atoms with Gasteiger partial charge in [0.2, 0.25) is 0 Å². The molecule has 0 heterocycles. The van der Waals surface area contributed by atoms with Gasteiger partial charge in [0, 0.05) is 18.8 Å². The molecule has 0 amide bonds. The molecule has 6 atom stereocenters. The van der Waals surface area contributed by atoms with Gasteiger partial charge in [-0.2, -0.15) is 0 Å². The van der Waals surface area contributed by atoms with Crippen molar-refractivity contribution in [3.63, 3.8) is 0 Å². The lowest BCUT2D eigenvalue weighted by atomic mass is 9.48. The normalized spacial score (nSPS) is 46.0. The van der Waals surface area contributed by atoms with Crippen LogP contribution in [0, 0.1) is 28.6 Å². The predicted octanol–water partition coefficient (Wildman–Crippen LogP) is 4.62. The molecule has 0 aromatic heterocycles. The van der Waals surface area contributed by atoms with E-state index in [2.05, 4.69) is 26.5 Å². The number of esters is 1. The Kier molecular flexibility index (Phi) is 3.79. The summed E-state index contributed by atoms with van der Waals surface area (Å²) in [6.07, 6.45) is 9.54. The van der Waals surface area contributed by atoms with Crippen molar-refractivity contribution in [2.45, 2.75) is 71.8 Å². The first kappa shape index (κ1) is 17.1. The maximum absolute atomic E-state index is 12.7. The Hall–Kier alpha value is -1.38. The van der Waals surface area contributed by atoms with Gasteiger partial charge in [-0.3, -0.25) is 9.59 Å². The molecule has 0 unspecified atom stereocenters. The van der Waals surface area contributed by atoms with E-state index in [1.54, 1.807) is 0 Å². The number of rotatable bonds is 1. The van der Waals surface area contributed by atoms with Gasteiger partial charge in [-0.05, 0) is 67.3 Å². The van der Waals surface area contributed by atoms with Crippen LogP contribution in [-0.4, -0.2) is 17.9 Å². The molecule has 25 heavy (non-hydrogen) atoms. The van der Waals surface area contributed by atoms with Crippen molar-refractivity contribution in [1.29, 1.82) is 0 Å². The predicted molar refractivity (Wildman–Crippen MR) is 96.8 cm³/mol. The fraction of sp³-hybridized carbons (Fsp3) is 0.727. The van der Waals surface area contributed by atoms with E-state index in [1.165, 1.54) is 12.5 Å². The zero-order valence-corrected chi connectivity index (χ0v) is 15.8. The van der Waals surface area contributed by atoms with Crippen LogP contribution in [0.1, 0.15) is 65.7 Å². The molecule has 3 fully saturated rings. The van der Waals surface area contributed by atoms with Crippen LogP contribution >= 0.6 is 0 Å². The minimum absolute atomic E-state index is 0.0510. The van der Waals surface area contributed by atoms with Crippen molar-refractivity contribution in [2.24, 2.45) is 28.6 Å². The lowest BCUT2D eigenvalue weighted by molar-refractivity contribution is -0.148. The number of ether oxygens (including phenoxy) is 1. The lowest BCUT2D eigenvalue weighted by Gasteiger charge is -2.56. The fourth-order valence-corrected chi connectivity index (χ4v) is 6.70. The van der Waals surface area contributed by atoms with E-state index >= 15 is 0 Å². The molecule has 0 bridgehead atoms. The molecule has 4 rings (SSSR count). The van der Waals surface area contributed by atoms with Crippen molar-refractivity contribution < 1.29 is 14.3 Å². The van der Waals surface area contributed by atoms with Gasteiger partial charge < -0.3 is 4.74 Å².